The minimum atomic E-state index is -3.83. The highest BCUT2D eigenvalue weighted by Crippen LogP contribution is 2.30. The van der Waals surface area contributed by atoms with Gasteiger partial charge in [0.1, 0.15) is 12.6 Å². The van der Waals surface area contributed by atoms with Gasteiger partial charge in [-0.2, -0.15) is 0 Å². The lowest BCUT2D eigenvalue weighted by Gasteiger charge is -2.34. The van der Waals surface area contributed by atoms with E-state index >= 15 is 0 Å². The van der Waals surface area contributed by atoms with Gasteiger partial charge in [0.2, 0.25) is 21.8 Å². The Labute approximate surface area is 224 Å². The lowest BCUT2D eigenvalue weighted by atomic mass is 10.0. The molecule has 2 rings (SSSR count). The number of hydrogen-bond acceptors (Lipinski definition) is 4. The van der Waals surface area contributed by atoms with Crippen molar-refractivity contribution < 1.29 is 18.0 Å². The smallest absolute Gasteiger partial charge is 0.244 e. The molecule has 0 radical (unpaired) electrons. The molecule has 7 nitrogen and oxygen atoms in total. The van der Waals surface area contributed by atoms with Crippen LogP contribution in [0.4, 0.5) is 5.69 Å². The third-order valence-electron chi connectivity index (χ3n) is 5.71. The summed E-state index contributed by atoms with van der Waals surface area (Å²) < 4.78 is 26.9. The summed E-state index contributed by atoms with van der Waals surface area (Å²) in [6.07, 6.45) is 1.38. The first-order valence-electron chi connectivity index (χ1n) is 11.9. The van der Waals surface area contributed by atoms with E-state index in [9.17, 15) is 18.0 Å². The number of benzene rings is 2. The zero-order chi connectivity index (χ0) is 27.2. The molecular weight excluding hydrogens is 521 g/mol. The number of carbonyl (C=O) groups is 2. The molecule has 0 saturated carbocycles. The predicted octanol–water partition coefficient (Wildman–Crippen LogP) is 5.21. The third-order valence-corrected chi connectivity index (χ3v) is 7.55. The number of nitrogens with one attached hydrogen (secondary N) is 1. The van der Waals surface area contributed by atoms with Crippen LogP contribution in [0.1, 0.15) is 58.1 Å². The number of nitrogens with zero attached hydrogens (tertiary/aromatic N) is 2. The zero-order valence-corrected chi connectivity index (χ0v) is 23.9. The minimum Gasteiger partial charge on any atom is -0.352 e. The maximum absolute atomic E-state index is 13.8. The Kier molecular flexibility index (Phi) is 10.6. The quantitative estimate of drug-likeness (QED) is 0.412. The van der Waals surface area contributed by atoms with Gasteiger partial charge in [-0.1, -0.05) is 68.2 Å². The molecule has 0 heterocycles. The van der Waals surface area contributed by atoms with E-state index in [2.05, 4.69) is 5.32 Å². The first-order valence-corrected chi connectivity index (χ1v) is 14.5. The Hall–Kier alpha value is -2.29. The van der Waals surface area contributed by atoms with E-state index in [4.69, 9.17) is 23.2 Å². The van der Waals surface area contributed by atoms with Gasteiger partial charge in [-0.25, -0.2) is 8.42 Å². The van der Waals surface area contributed by atoms with E-state index in [0.717, 1.165) is 16.1 Å². The van der Waals surface area contributed by atoms with Crippen molar-refractivity contribution >= 4 is 50.7 Å². The Morgan fingerprint density at radius 1 is 0.972 bits per heavy atom. The predicted molar refractivity (Wildman–Crippen MR) is 147 cm³/mol. The molecule has 2 aromatic rings. The molecule has 0 saturated heterocycles. The number of anilines is 1. The number of amides is 2. The molecule has 2 amide bonds. The standard InChI is InChI=1S/C26H35Cl2N3O4S/c1-7-23(26(33)29-18(4)5)30(15-20-21(27)12-10-13-22(20)28)25(32)16-31(36(6,34)35)24-14-9-8-11-19(24)17(2)3/h8-14,17-18,23H,7,15-16H2,1-6H3,(H,29,33). The highest BCUT2D eigenvalue weighted by atomic mass is 35.5. The van der Waals surface area contributed by atoms with Crippen LogP contribution in [0, 0.1) is 0 Å². The summed E-state index contributed by atoms with van der Waals surface area (Å²) in [6.45, 7) is 8.83. The van der Waals surface area contributed by atoms with Gasteiger partial charge in [-0.3, -0.25) is 13.9 Å². The normalized spacial score (nSPS) is 12.5. The number of para-hydroxylation sites is 1. The lowest BCUT2D eigenvalue weighted by molar-refractivity contribution is -0.140. The van der Waals surface area contributed by atoms with Crippen molar-refractivity contribution in [1.29, 1.82) is 0 Å². The van der Waals surface area contributed by atoms with Crippen LogP contribution in [0.5, 0.6) is 0 Å². The highest BCUT2D eigenvalue weighted by Gasteiger charge is 2.33. The van der Waals surface area contributed by atoms with Crippen LogP contribution in [0.2, 0.25) is 10.0 Å². The Morgan fingerprint density at radius 2 is 1.56 bits per heavy atom. The van der Waals surface area contributed by atoms with E-state index in [0.29, 0.717) is 27.7 Å². The number of halogens is 2. The van der Waals surface area contributed by atoms with Crippen molar-refractivity contribution in [3.63, 3.8) is 0 Å². The second-order valence-electron chi connectivity index (χ2n) is 9.29. The van der Waals surface area contributed by atoms with Crippen molar-refractivity contribution in [1.82, 2.24) is 10.2 Å². The molecule has 0 bridgehead atoms. The number of carbonyl (C=O) groups excluding carboxylic acids is 2. The van der Waals surface area contributed by atoms with Gasteiger partial charge in [0, 0.05) is 28.2 Å². The topological polar surface area (TPSA) is 86.8 Å². The zero-order valence-electron chi connectivity index (χ0n) is 21.6. The molecule has 198 valence electrons. The SMILES string of the molecule is CCC(C(=O)NC(C)C)N(Cc1c(Cl)cccc1Cl)C(=O)CN(c1ccccc1C(C)C)S(C)(=O)=O. The molecule has 1 atom stereocenters. The summed E-state index contributed by atoms with van der Waals surface area (Å²) in [5, 5.41) is 3.56. The molecule has 0 spiro atoms. The first-order chi connectivity index (χ1) is 16.8. The Morgan fingerprint density at radius 3 is 2.06 bits per heavy atom. The average Bonchev–Trinajstić information content (AvgIpc) is 2.77. The van der Waals surface area contributed by atoms with Crippen molar-refractivity contribution in [3.8, 4) is 0 Å². The van der Waals surface area contributed by atoms with Crippen molar-refractivity contribution in [2.45, 2.75) is 65.6 Å². The summed E-state index contributed by atoms with van der Waals surface area (Å²) in [6, 6.07) is 11.1. The van der Waals surface area contributed by atoms with Crippen LogP contribution in [-0.4, -0.2) is 50.0 Å². The molecule has 0 aliphatic rings. The Bertz CT molecular complexity index is 1170. The Balaban J connectivity index is 2.57. The summed E-state index contributed by atoms with van der Waals surface area (Å²) >= 11 is 12.8. The second-order valence-corrected chi connectivity index (χ2v) is 12.0. The summed E-state index contributed by atoms with van der Waals surface area (Å²) in [7, 11) is -3.83. The largest absolute Gasteiger partial charge is 0.352 e. The minimum absolute atomic E-state index is 0.0267. The van der Waals surface area contributed by atoms with Crippen LogP contribution in [0.15, 0.2) is 42.5 Å². The molecular formula is C26H35Cl2N3O4S. The van der Waals surface area contributed by atoms with Gasteiger partial charge >= 0.3 is 0 Å². The van der Waals surface area contributed by atoms with Gasteiger partial charge in [0.25, 0.3) is 0 Å². The highest BCUT2D eigenvalue weighted by molar-refractivity contribution is 7.92. The molecule has 10 heteroatoms. The van der Waals surface area contributed by atoms with E-state index < -0.39 is 28.5 Å². The number of sulfonamides is 1. The molecule has 0 aromatic heterocycles. The first kappa shape index (κ1) is 29.9. The van der Waals surface area contributed by atoms with E-state index in [1.165, 1.54) is 4.90 Å². The second kappa shape index (κ2) is 12.8. The van der Waals surface area contributed by atoms with Crippen LogP contribution in [-0.2, 0) is 26.2 Å². The van der Waals surface area contributed by atoms with Crippen LogP contribution in [0.3, 0.4) is 0 Å². The maximum Gasteiger partial charge on any atom is 0.244 e. The molecule has 36 heavy (non-hydrogen) atoms. The van der Waals surface area contributed by atoms with Crippen LogP contribution < -0.4 is 9.62 Å². The number of rotatable bonds is 11. The molecule has 0 aliphatic carbocycles. The molecule has 0 aliphatic heterocycles. The fraction of sp³-hybridized carbons (Fsp3) is 0.462. The number of hydrogen-bond donors (Lipinski definition) is 1. The van der Waals surface area contributed by atoms with Crippen molar-refractivity contribution in [2.75, 3.05) is 17.1 Å². The summed E-state index contributed by atoms with van der Waals surface area (Å²) in [4.78, 5) is 28.3. The van der Waals surface area contributed by atoms with Gasteiger partial charge in [-0.15, -0.1) is 0 Å². The molecule has 0 fully saturated rings. The molecule has 1 N–H and O–H groups in total. The van der Waals surface area contributed by atoms with Crippen LogP contribution >= 0.6 is 23.2 Å². The van der Waals surface area contributed by atoms with Gasteiger partial charge in [0.15, 0.2) is 0 Å². The molecule has 2 aromatic carbocycles. The molecule has 1 unspecified atom stereocenters. The maximum atomic E-state index is 13.8. The van der Waals surface area contributed by atoms with E-state index in [1.54, 1.807) is 37.3 Å². The summed E-state index contributed by atoms with van der Waals surface area (Å²) in [5.41, 5.74) is 1.71. The van der Waals surface area contributed by atoms with Gasteiger partial charge in [0.05, 0.1) is 11.9 Å². The summed E-state index contributed by atoms with van der Waals surface area (Å²) in [5.74, 6) is -0.850. The van der Waals surface area contributed by atoms with Gasteiger partial charge < -0.3 is 10.2 Å². The van der Waals surface area contributed by atoms with Gasteiger partial charge in [-0.05, 0) is 49.9 Å². The van der Waals surface area contributed by atoms with E-state index in [-0.39, 0.29) is 24.4 Å². The fourth-order valence-electron chi connectivity index (χ4n) is 3.95. The average molecular weight is 557 g/mol. The van der Waals surface area contributed by atoms with Crippen molar-refractivity contribution in [3.05, 3.63) is 63.6 Å². The van der Waals surface area contributed by atoms with E-state index in [1.807, 2.05) is 39.8 Å². The fourth-order valence-corrected chi connectivity index (χ4v) is 5.34. The monoisotopic (exact) mass is 555 g/mol. The van der Waals surface area contributed by atoms with Crippen LogP contribution in [0.25, 0.3) is 0 Å². The van der Waals surface area contributed by atoms with Crippen molar-refractivity contribution in [2.24, 2.45) is 0 Å². The third kappa shape index (κ3) is 7.60. The lowest BCUT2D eigenvalue weighted by Crippen LogP contribution is -2.53.